The van der Waals surface area contributed by atoms with Crippen LogP contribution in [0.5, 0.6) is 11.5 Å². The SMILES string of the molecule is NC(=O)c1ccc(OC(F)(F)C(F)Cl)cc1OC(F)(F)C(F)Cl. The van der Waals surface area contributed by atoms with Gasteiger partial charge >= 0.3 is 12.2 Å². The Morgan fingerprint density at radius 3 is 1.96 bits per heavy atom. The lowest BCUT2D eigenvalue weighted by molar-refractivity contribution is -0.202. The highest BCUT2D eigenvalue weighted by atomic mass is 35.5. The van der Waals surface area contributed by atoms with Crippen molar-refractivity contribution in [3.63, 3.8) is 0 Å². The van der Waals surface area contributed by atoms with Crippen molar-refractivity contribution < 1.29 is 40.6 Å². The lowest BCUT2D eigenvalue weighted by Crippen LogP contribution is -2.34. The molecule has 1 aromatic carbocycles. The Morgan fingerprint density at radius 1 is 1.04 bits per heavy atom. The normalized spacial score (nSPS) is 15.0. The van der Waals surface area contributed by atoms with Crippen LogP contribution in [0, 0.1) is 0 Å². The first-order chi connectivity index (χ1) is 10.4. The maximum absolute atomic E-state index is 13.1. The second-order valence-corrected chi connectivity index (χ2v) is 4.72. The van der Waals surface area contributed by atoms with Crippen molar-refractivity contribution in [3.05, 3.63) is 23.8 Å². The molecule has 12 heteroatoms. The van der Waals surface area contributed by atoms with Crippen molar-refractivity contribution in [1.29, 1.82) is 0 Å². The molecule has 0 saturated heterocycles. The molecule has 2 N–H and O–H groups in total. The third-order valence-electron chi connectivity index (χ3n) is 2.23. The van der Waals surface area contributed by atoms with Gasteiger partial charge in [0.25, 0.3) is 17.2 Å². The number of ether oxygens (including phenoxy) is 2. The van der Waals surface area contributed by atoms with E-state index in [1.54, 1.807) is 0 Å². The number of nitrogens with two attached hydrogens (primary N) is 1. The van der Waals surface area contributed by atoms with Gasteiger partial charge in [0.1, 0.15) is 11.5 Å². The molecular weight excluding hydrogens is 379 g/mol. The Morgan fingerprint density at radius 2 is 1.52 bits per heavy atom. The summed E-state index contributed by atoms with van der Waals surface area (Å²) in [6.07, 6.45) is -9.12. The number of rotatable bonds is 7. The van der Waals surface area contributed by atoms with Crippen LogP contribution in [0.1, 0.15) is 10.4 Å². The predicted octanol–water partition coefficient (Wildman–Crippen LogP) is 3.80. The van der Waals surface area contributed by atoms with Crippen LogP contribution < -0.4 is 15.2 Å². The number of halogens is 8. The van der Waals surface area contributed by atoms with Gasteiger partial charge in [-0.1, -0.05) is 23.2 Å². The van der Waals surface area contributed by atoms with Gasteiger partial charge in [-0.3, -0.25) is 4.79 Å². The molecule has 1 amide bonds. The molecule has 2 unspecified atom stereocenters. The second kappa shape index (κ2) is 6.91. The third-order valence-corrected chi connectivity index (χ3v) is 2.73. The van der Waals surface area contributed by atoms with Gasteiger partial charge in [0, 0.05) is 6.07 Å². The molecule has 0 aliphatic heterocycles. The van der Waals surface area contributed by atoms with Crippen LogP contribution in [0.3, 0.4) is 0 Å². The molecule has 23 heavy (non-hydrogen) atoms. The molecule has 0 fully saturated rings. The third kappa shape index (κ3) is 4.96. The van der Waals surface area contributed by atoms with Crippen LogP contribution in [0.15, 0.2) is 18.2 Å². The maximum atomic E-state index is 13.1. The van der Waals surface area contributed by atoms with E-state index in [1.165, 1.54) is 0 Å². The van der Waals surface area contributed by atoms with Gasteiger partial charge in [0.2, 0.25) is 0 Å². The van der Waals surface area contributed by atoms with Gasteiger partial charge in [-0.25, -0.2) is 8.78 Å². The highest BCUT2D eigenvalue weighted by Crippen LogP contribution is 2.35. The monoisotopic (exact) mass is 385 g/mol. The zero-order chi connectivity index (χ0) is 18.0. The van der Waals surface area contributed by atoms with Crippen LogP contribution in [0.4, 0.5) is 26.3 Å². The Labute approximate surface area is 135 Å². The summed E-state index contributed by atoms with van der Waals surface area (Å²) in [5.74, 6) is -3.30. The molecule has 130 valence electrons. The summed E-state index contributed by atoms with van der Waals surface area (Å²) in [6, 6.07) is 1.70. The fourth-order valence-electron chi connectivity index (χ4n) is 1.25. The van der Waals surface area contributed by atoms with Crippen LogP contribution in [0.2, 0.25) is 0 Å². The van der Waals surface area contributed by atoms with E-state index in [9.17, 15) is 31.1 Å². The summed E-state index contributed by atoms with van der Waals surface area (Å²) >= 11 is 9.12. The number of primary amides is 1. The number of carbonyl (C=O) groups is 1. The average molecular weight is 386 g/mol. The summed E-state index contributed by atoms with van der Waals surface area (Å²) in [5, 5.41) is 0. The van der Waals surface area contributed by atoms with Gasteiger partial charge in [0.05, 0.1) is 5.56 Å². The van der Waals surface area contributed by atoms with E-state index in [0.717, 1.165) is 0 Å². The maximum Gasteiger partial charge on any atom is 0.444 e. The summed E-state index contributed by atoms with van der Waals surface area (Å²) < 4.78 is 85.0. The van der Waals surface area contributed by atoms with Crippen LogP contribution in [-0.2, 0) is 0 Å². The highest BCUT2D eigenvalue weighted by Gasteiger charge is 2.44. The topological polar surface area (TPSA) is 61.6 Å². The minimum Gasteiger partial charge on any atom is -0.429 e. The molecule has 1 rings (SSSR count). The number of carbonyl (C=O) groups excluding carboxylic acids is 1. The fourth-order valence-corrected chi connectivity index (χ4v) is 1.34. The van der Waals surface area contributed by atoms with Crippen LogP contribution >= 0.6 is 23.2 Å². The number of alkyl halides is 8. The van der Waals surface area contributed by atoms with Gasteiger partial charge < -0.3 is 15.2 Å². The minimum absolute atomic E-state index is 0.348. The lowest BCUT2D eigenvalue weighted by atomic mass is 10.2. The van der Waals surface area contributed by atoms with Crippen molar-refractivity contribution in [3.8, 4) is 11.5 Å². The predicted molar refractivity (Wildman–Crippen MR) is 67.6 cm³/mol. The van der Waals surface area contributed by atoms with Gasteiger partial charge in [-0.2, -0.15) is 17.6 Å². The Balaban J connectivity index is 3.21. The van der Waals surface area contributed by atoms with Crippen molar-refractivity contribution in [2.75, 3.05) is 0 Å². The van der Waals surface area contributed by atoms with Crippen LogP contribution in [-0.4, -0.2) is 29.4 Å². The molecule has 0 bridgehead atoms. The van der Waals surface area contributed by atoms with Crippen molar-refractivity contribution in [1.82, 2.24) is 0 Å². The Bertz CT molecular complexity index is 585. The Hall–Kier alpha value is -1.55. The number of hydrogen-bond acceptors (Lipinski definition) is 3. The lowest BCUT2D eigenvalue weighted by Gasteiger charge is -2.21. The molecule has 4 nitrogen and oxygen atoms in total. The van der Waals surface area contributed by atoms with Crippen molar-refractivity contribution in [2.24, 2.45) is 5.73 Å². The smallest absolute Gasteiger partial charge is 0.429 e. The van der Waals surface area contributed by atoms with E-state index < -0.39 is 46.4 Å². The molecule has 1 aromatic rings. The fraction of sp³-hybridized carbons (Fsp3) is 0.364. The molecule has 0 saturated carbocycles. The molecule has 0 heterocycles. The van der Waals surface area contributed by atoms with Crippen molar-refractivity contribution in [2.45, 2.75) is 23.5 Å². The first kappa shape index (κ1) is 19.5. The quantitative estimate of drug-likeness (QED) is 0.573. The summed E-state index contributed by atoms with van der Waals surface area (Å²) in [5.41, 5.74) is -2.39. The summed E-state index contributed by atoms with van der Waals surface area (Å²) in [4.78, 5) is 11.1. The van der Waals surface area contributed by atoms with E-state index >= 15 is 0 Å². The highest BCUT2D eigenvalue weighted by molar-refractivity contribution is 6.20. The van der Waals surface area contributed by atoms with E-state index in [1.807, 2.05) is 0 Å². The molecule has 0 radical (unpaired) electrons. The Kier molecular flexibility index (Phi) is 5.86. The molecule has 2 atom stereocenters. The zero-order valence-electron chi connectivity index (χ0n) is 10.7. The summed E-state index contributed by atoms with van der Waals surface area (Å²) in [7, 11) is 0. The molecule has 0 spiro atoms. The van der Waals surface area contributed by atoms with E-state index in [4.69, 9.17) is 5.73 Å². The van der Waals surface area contributed by atoms with E-state index in [-0.39, 0.29) is 0 Å². The molecule has 0 aliphatic carbocycles. The number of hydrogen-bond donors (Lipinski definition) is 1. The first-order valence-electron chi connectivity index (χ1n) is 5.50. The van der Waals surface area contributed by atoms with Gasteiger partial charge in [0.15, 0.2) is 0 Å². The zero-order valence-corrected chi connectivity index (χ0v) is 12.2. The number of amides is 1. The largest absolute Gasteiger partial charge is 0.444 e. The van der Waals surface area contributed by atoms with Gasteiger partial charge in [-0.15, -0.1) is 0 Å². The minimum atomic E-state index is -4.61. The van der Waals surface area contributed by atoms with Crippen molar-refractivity contribution >= 4 is 29.1 Å². The molecule has 0 aliphatic rings. The number of benzene rings is 1. The van der Waals surface area contributed by atoms with E-state index in [0.29, 0.717) is 18.2 Å². The first-order valence-corrected chi connectivity index (χ1v) is 6.38. The van der Waals surface area contributed by atoms with Gasteiger partial charge in [-0.05, 0) is 12.1 Å². The standard InChI is InChI=1S/C11H7Cl2F6NO3/c12-8(14)10(16,17)22-4-1-2-5(7(20)21)6(3-4)23-11(18,19)9(13)15/h1-3,8-9H,(H2,20,21). The molecular formula is C11H7Cl2F6NO3. The summed E-state index contributed by atoms with van der Waals surface area (Å²) in [6.45, 7) is 0. The van der Waals surface area contributed by atoms with E-state index in [2.05, 4.69) is 32.7 Å². The second-order valence-electron chi connectivity index (χ2n) is 3.95. The molecule has 0 aromatic heterocycles. The van der Waals surface area contributed by atoms with Crippen LogP contribution in [0.25, 0.3) is 0 Å². The average Bonchev–Trinajstić information content (AvgIpc) is 2.37.